The Bertz CT molecular complexity index is 1900. The van der Waals surface area contributed by atoms with E-state index < -0.39 is 5.97 Å². The molecule has 0 amide bonds. The summed E-state index contributed by atoms with van der Waals surface area (Å²) >= 11 is 0. The van der Waals surface area contributed by atoms with Gasteiger partial charge in [-0.2, -0.15) is 11.5 Å². The van der Waals surface area contributed by atoms with E-state index in [2.05, 4.69) is 125 Å². The van der Waals surface area contributed by atoms with E-state index in [1.807, 2.05) is 11.9 Å². The largest absolute Gasteiger partial charge is 0.480 e. The van der Waals surface area contributed by atoms with Crippen LogP contribution < -0.4 is 30.3 Å². The van der Waals surface area contributed by atoms with Crippen LogP contribution in [0.3, 0.4) is 0 Å². The topological polar surface area (TPSA) is 46.6 Å². The molecule has 2 aliphatic heterocycles. The van der Waals surface area contributed by atoms with Crippen LogP contribution in [0.1, 0.15) is 110 Å². The molecule has 0 unspecified atom stereocenters. The zero-order chi connectivity index (χ0) is 36.2. The highest BCUT2D eigenvalue weighted by Gasteiger charge is 2.40. The van der Waals surface area contributed by atoms with Crippen LogP contribution in [-0.4, -0.2) is 42.7 Å². The van der Waals surface area contributed by atoms with Gasteiger partial charge in [0.05, 0.1) is 6.04 Å². The Labute approximate surface area is 301 Å². The average Bonchev–Trinajstić information content (AvgIpc) is 3.39. The number of unbranched alkanes of at least 4 members (excludes halogenated alkanes) is 4. The molecule has 268 valence electrons. The second kappa shape index (κ2) is 15.4. The normalized spacial score (nSPS) is 18.2. The van der Waals surface area contributed by atoms with Gasteiger partial charge in [0.15, 0.2) is 0 Å². The summed E-state index contributed by atoms with van der Waals surface area (Å²) in [7, 11) is 1.93. The Morgan fingerprint density at radius 1 is 0.840 bits per heavy atom. The summed E-state index contributed by atoms with van der Waals surface area (Å²) < 4.78 is 5.02. The molecule has 3 aliphatic rings. The van der Waals surface area contributed by atoms with Crippen molar-refractivity contribution in [3.8, 4) is 0 Å². The molecule has 5 heteroatoms. The third-order valence-electron chi connectivity index (χ3n) is 11.0. The third-order valence-corrected chi connectivity index (χ3v) is 11.0. The highest BCUT2D eigenvalue weighted by Crippen LogP contribution is 2.41. The Balaban J connectivity index is 1.54. The van der Waals surface area contributed by atoms with E-state index in [9.17, 15) is 9.90 Å². The summed E-state index contributed by atoms with van der Waals surface area (Å²) in [6.07, 6.45) is 19.1. The molecular weight excluding hydrogens is 615 g/mol. The number of carbonyl (C=O) groups is 1. The summed E-state index contributed by atoms with van der Waals surface area (Å²) in [5, 5.41) is 14.5. The molecule has 2 aromatic rings. The number of rotatable bonds is 15. The lowest BCUT2D eigenvalue weighted by Crippen LogP contribution is -2.34. The van der Waals surface area contributed by atoms with E-state index in [-0.39, 0.29) is 17.4 Å². The molecule has 2 aromatic carbocycles. The van der Waals surface area contributed by atoms with Crippen molar-refractivity contribution in [2.75, 3.05) is 26.7 Å². The van der Waals surface area contributed by atoms with Gasteiger partial charge in [-0.15, -0.1) is 6.08 Å². The first-order valence-corrected chi connectivity index (χ1v) is 18.9. The Morgan fingerprint density at radius 3 is 1.86 bits per heavy atom. The summed E-state index contributed by atoms with van der Waals surface area (Å²) in [6.45, 7) is 24.2. The van der Waals surface area contributed by atoms with Crippen LogP contribution in [0.4, 0.5) is 0 Å². The molecule has 0 bridgehead atoms. The van der Waals surface area contributed by atoms with Crippen molar-refractivity contribution in [3.05, 3.63) is 122 Å². The van der Waals surface area contributed by atoms with E-state index in [1.54, 1.807) is 0 Å². The molecule has 0 spiro atoms. The van der Waals surface area contributed by atoms with Gasteiger partial charge >= 0.3 is 5.97 Å². The number of carboxylic acids is 1. The lowest BCUT2D eigenvalue weighted by molar-refractivity contribution is -0.137. The third kappa shape index (κ3) is 7.48. The fourth-order valence-electron chi connectivity index (χ4n) is 8.34. The maximum Gasteiger partial charge on any atom is 0.323 e. The van der Waals surface area contributed by atoms with Gasteiger partial charge in [0.1, 0.15) is 30.3 Å². The zero-order valence-electron chi connectivity index (χ0n) is 31.9. The molecule has 0 aromatic heterocycles. The summed E-state index contributed by atoms with van der Waals surface area (Å²) in [5.41, 5.74) is 4.55. The summed E-state index contributed by atoms with van der Waals surface area (Å²) in [5.74, 6) is 0.378. The smallest absolute Gasteiger partial charge is 0.323 e. The zero-order valence-corrected chi connectivity index (χ0v) is 31.9. The van der Waals surface area contributed by atoms with Gasteiger partial charge in [0.25, 0.3) is 0 Å². The molecule has 0 saturated carbocycles. The van der Waals surface area contributed by atoms with E-state index in [0.29, 0.717) is 0 Å². The fourth-order valence-corrected chi connectivity index (χ4v) is 8.34. The fraction of sp³-hybridized carbons (Fsp3) is 0.467. The molecule has 1 aliphatic carbocycles. The van der Waals surface area contributed by atoms with E-state index >= 15 is 0 Å². The number of carboxylic acid groups (broad SMARTS) is 1. The number of fused-ring (bicyclic) bond motifs is 2. The summed E-state index contributed by atoms with van der Waals surface area (Å²) in [4.78, 5) is 14.0. The molecule has 50 heavy (non-hydrogen) atoms. The van der Waals surface area contributed by atoms with Crippen molar-refractivity contribution in [3.63, 3.8) is 0 Å². The van der Waals surface area contributed by atoms with Crippen molar-refractivity contribution in [2.45, 2.75) is 110 Å². The van der Waals surface area contributed by atoms with Crippen LogP contribution in [0.15, 0.2) is 72.0 Å². The minimum Gasteiger partial charge on any atom is -0.480 e. The average molecular weight is 675 g/mol. The van der Waals surface area contributed by atoms with Crippen LogP contribution in [0.2, 0.25) is 0 Å². The van der Waals surface area contributed by atoms with Crippen molar-refractivity contribution < 1.29 is 9.90 Å². The number of aliphatic carboxylic acids is 1. The van der Waals surface area contributed by atoms with Gasteiger partial charge in [-0.1, -0.05) is 117 Å². The molecule has 5 rings (SSSR count). The van der Waals surface area contributed by atoms with Crippen LogP contribution in [0.5, 0.6) is 0 Å². The van der Waals surface area contributed by atoms with Gasteiger partial charge in [0, 0.05) is 36.8 Å². The SMILES string of the molecule is C=c1ccc2c(c1)C(C)(C)[C-](C=C[C-]1CCCC(/C=C/[C-]3[N+](CCCCC)=c4ccc(=C)cc4C3(C)C)=C1N(C)CC(=O)O)[N+]=2CCCCC. The minimum atomic E-state index is -0.821. The van der Waals surface area contributed by atoms with Gasteiger partial charge in [-0.25, -0.2) is 12.2 Å². The van der Waals surface area contributed by atoms with Gasteiger partial charge in [-0.3, -0.25) is 10.9 Å². The standard InChI is InChI=1S/C45H60N3O2/c1-10-12-14-27-47-38-23-19-32(3)29-36(38)44(5,6)40(47)25-21-34-17-16-18-35(43(34)46(9)31-42(49)50)22-26-41-45(7,8)37-30-33(4)20-24-39(37)48(41)28-15-13-11-2/h19-26,29-30H,3-4,10-18,27-28,31H2,1-2,5-9H3,(H,49,50)/q-1/b25-21+,26-22?. The van der Waals surface area contributed by atoms with Crippen LogP contribution in [0, 0.1) is 18.0 Å². The molecule has 0 saturated heterocycles. The second-order valence-corrected chi connectivity index (χ2v) is 15.6. The molecule has 0 atom stereocenters. The maximum absolute atomic E-state index is 12.1. The first kappa shape index (κ1) is 37.1. The quantitative estimate of drug-likeness (QED) is 0.136. The second-order valence-electron chi connectivity index (χ2n) is 15.6. The molecule has 5 nitrogen and oxygen atoms in total. The minimum absolute atomic E-state index is 0.0458. The lowest BCUT2D eigenvalue weighted by Gasteiger charge is -2.43. The number of likely N-dealkylation sites (N-methyl/N-ethyl adjacent to an activating group) is 1. The van der Waals surface area contributed by atoms with Crippen molar-refractivity contribution in [1.82, 2.24) is 14.1 Å². The highest BCUT2D eigenvalue weighted by molar-refractivity contribution is 5.69. The molecule has 0 radical (unpaired) electrons. The van der Waals surface area contributed by atoms with Crippen molar-refractivity contribution in [1.29, 1.82) is 0 Å². The number of hydrogen-bond donors (Lipinski definition) is 1. The Hall–Kier alpha value is -4.12. The van der Waals surface area contributed by atoms with E-state index in [0.717, 1.165) is 61.3 Å². The van der Waals surface area contributed by atoms with Crippen molar-refractivity contribution in [2.24, 2.45) is 0 Å². The molecule has 1 N–H and O–H groups in total. The van der Waals surface area contributed by atoms with Crippen LogP contribution in [0.25, 0.3) is 13.2 Å². The highest BCUT2D eigenvalue weighted by atomic mass is 16.4. The molecular formula is C45H60N3O2-. The molecule has 2 heterocycles. The first-order chi connectivity index (χ1) is 23.8. The molecule has 0 fully saturated rings. The predicted octanol–water partition coefficient (Wildman–Crippen LogP) is 6.36. The van der Waals surface area contributed by atoms with Gasteiger partial charge in [-0.05, 0) is 46.5 Å². The maximum atomic E-state index is 12.1. The number of nitrogens with zero attached hydrogens (tertiary/aromatic N) is 3. The van der Waals surface area contributed by atoms with Gasteiger partial charge in [0.2, 0.25) is 0 Å². The van der Waals surface area contributed by atoms with Crippen molar-refractivity contribution >= 4 is 19.1 Å². The van der Waals surface area contributed by atoms with Gasteiger partial charge < -0.3 is 19.2 Å². The number of hydrogen-bond acceptors (Lipinski definition) is 2. The predicted molar refractivity (Wildman–Crippen MR) is 209 cm³/mol. The Kier molecular flexibility index (Phi) is 11.4. The van der Waals surface area contributed by atoms with E-state index in [1.165, 1.54) is 71.1 Å². The first-order valence-electron chi connectivity index (χ1n) is 18.9. The van der Waals surface area contributed by atoms with Crippen LogP contribution in [-0.2, 0) is 15.6 Å². The van der Waals surface area contributed by atoms with E-state index in [4.69, 9.17) is 0 Å². The lowest BCUT2D eigenvalue weighted by atomic mass is 9.78. The number of allylic oxidation sites excluding steroid dienone is 3. The summed E-state index contributed by atoms with van der Waals surface area (Å²) in [6, 6.07) is 15.8. The van der Waals surface area contributed by atoms with Crippen LogP contribution >= 0.6 is 0 Å². The monoisotopic (exact) mass is 674 g/mol. The Morgan fingerprint density at radius 2 is 1.36 bits per heavy atom. The number of benzene rings is 2.